The van der Waals surface area contributed by atoms with Crippen molar-refractivity contribution in [2.45, 2.75) is 6.92 Å². The van der Waals surface area contributed by atoms with E-state index >= 15 is 0 Å². The van der Waals surface area contributed by atoms with Crippen molar-refractivity contribution < 1.29 is 4.42 Å². The predicted octanol–water partition coefficient (Wildman–Crippen LogP) is 12.6. The second-order valence-corrected chi connectivity index (χ2v) is 15.3. The number of nitrogens with zero attached hydrogens (tertiary/aromatic N) is 4. The molecule has 0 spiro atoms. The molecule has 12 aromatic rings. The molecule has 5 nitrogen and oxygen atoms in total. The highest BCUT2D eigenvalue weighted by molar-refractivity contribution is 6.22. The van der Waals surface area contributed by atoms with Crippen molar-refractivity contribution in [2.24, 2.45) is 0 Å². The van der Waals surface area contributed by atoms with Crippen molar-refractivity contribution in [2.75, 3.05) is 0 Å². The molecule has 12 rings (SSSR count). The molecule has 5 heterocycles. The molecule has 0 bridgehead atoms. The van der Waals surface area contributed by atoms with Crippen LogP contribution in [0.5, 0.6) is 0 Å². The van der Waals surface area contributed by atoms with E-state index in [1.54, 1.807) is 0 Å². The van der Waals surface area contributed by atoms with Crippen LogP contribution in [0.4, 0.5) is 0 Å². The zero-order chi connectivity index (χ0) is 39.7. The summed E-state index contributed by atoms with van der Waals surface area (Å²) in [5.74, 6) is 0. The maximum absolute atomic E-state index is 6.61. The molecule has 0 amide bonds. The van der Waals surface area contributed by atoms with Crippen LogP contribution in [0.1, 0.15) is 12.6 Å². The first-order valence-electron chi connectivity index (χ1n) is 20.4. The largest absolute Gasteiger partial charge is 0.456 e. The molecule has 0 aliphatic heterocycles. The minimum absolute atomic E-state index is 0.686. The van der Waals surface area contributed by atoms with Gasteiger partial charge in [-0.2, -0.15) is 0 Å². The zero-order valence-corrected chi connectivity index (χ0v) is 32.7. The summed E-state index contributed by atoms with van der Waals surface area (Å²) >= 11 is 0. The summed E-state index contributed by atoms with van der Waals surface area (Å²) in [4.78, 5) is 9.94. The van der Waals surface area contributed by atoms with Gasteiger partial charge in [-0.25, -0.2) is 9.97 Å². The van der Waals surface area contributed by atoms with Crippen molar-refractivity contribution >= 4 is 88.5 Å². The van der Waals surface area contributed by atoms with Gasteiger partial charge in [0.25, 0.3) is 0 Å². The van der Waals surface area contributed by atoms with Gasteiger partial charge in [-0.3, -0.25) is 0 Å². The summed E-state index contributed by atoms with van der Waals surface area (Å²) in [5.41, 5.74) is 12.1. The van der Waals surface area contributed by atoms with Gasteiger partial charge in [0.2, 0.25) is 0 Å². The van der Waals surface area contributed by atoms with E-state index in [1.165, 1.54) is 43.4 Å². The summed E-state index contributed by atoms with van der Waals surface area (Å²) in [6, 6.07) is 60.7. The molecule has 0 fully saturated rings. The minimum atomic E-state index is 0.686. The molecule has 0 saturated heterocycles. The highest BCUT2D eigenvalue weighted by Gasteiger charge is 2.18. The van der Waals surface area contributed by atoms with Gasteiger partial charge in [0, 0.05) is 49.4 Å². The number of para-hydroxylation sites is 3. The molecule has 0 unspecified atom stereocenters. The van der Waals surface area contributed by atoms with Gasteiger partial charge < -0.3 is 13.6 Å². The second kappa shape index (κ2) is 13.5. The topological polar surface area (TPSA) is 48.8 Å². The summed E-state index contributed by atoms with van der Waals surface area (Å²) in [5, 5.41) is 10.3. The van der Waals surface area contributed by atoms with Gasteiger partial charge in [0.1, 0.15) is 11.0 Å². The van der Waals surface area contributed by atoms with Crippen LogP contribution in [0.15, 0.2) is 193 Å². The number of hydrogen-bond acceptors (Lipinski definition) is 3. The molecule has 0 radical (unpaired) electrons. The lowest BCUT2D eigenvalue weighted by atomic mass is 9.99. The van der Waals surface area contributed by atoms with Crippen molar-refractivity contribution in [1.82, 2.24) is 19.1 Å². The fourth-order valence-corrected chi connectivity index (χ4v) is 9.24. The fraction of sp³-hybridized carbons (Fsp3) is 0.0182. The third kappa shape index (κ3) is 5.26. The SMILES string of the molecule is C/C=C\C=c1\oc2ccc(-c3ccc4c(c3)c3c5ccccc5ccc3n4-c3ccccc3)cc2c1=Cc1cc(-n2c3ccccc3c3ccccc32)c2cccnc2n1. The first-order valence-corrected chi connectivity index (χ1v) is 20.4. The molecule has 5 aromatic heterocycles. The van der Waals surface area contributed by atoms with E-state index in [2.05, 4.69) is 179 Å². The average molecular weight is 769 g/mol. The van der Waals surface area contributed by atoms with Gasteiger partial charge in [-0.15, -0.1) is 0 Å². The molecule has 0 aliphatic rings. The summed E-state index contributed by atoms with van der Waals surface area (Å²) in [6.07, 6.45) is 10.0. The molecule has 5 heteroatoms. The highest BCUT2D eigenvalue weighted by atomic mass is 16.3. The van der Waals surface area contributed by atoms with E-state index in [-0.39, 0.29) is 0 Å². The van der Waals surface area contributed by atoms with Crippen LogP contribution in [-0.2, 0) is 0 Å². The van der Waals surface area contributed by atoms with Crippen LogP contribution < -0.4 is 10.6 Å². The number of fused-ring (bicyclic) bond motifs is 10. The first kappa shape index (κ1) is 34.1. The Morgan fingerprint density at radius 3 is 2.00 bits per heavy atom. The number of furan rings is 1. The smallest absolute Gasteiger partial charge is 0.161 e. The highest BCUT2D eigenvalue weighted by Crippen LogP contribution is 2.39. The zero-order valence-electron chi connectivity index (χ0n) is 32.7. The number of benzene rings is 7. The van der Waals surface area contributed by atoms with Crippen LogP contribution in [0.2, 0.25) is 0 Å². The quantitative estimate of drug-likeness (QED) is 0.175. The number of rotatable bonds is 5. The lowest BCUT2D eigenvalue weighted by Crippen LogP contribution is -2.20. The van der Waals surface area contributed by atoms with Crippen LogP contribution in [-0.4, -0.2) is 19.1 Å². The van der Waals surface area contributed by atoms with Crippen molar-refractivity contribution in [3.8, 4) is 22.5 Å². The molecule has 0 N–H and O–H groups in total. The van der Waals surface area contributed by atoms with Crippen LogP contribution in [0.3, 0.4) is 0 Å². The molecule has 0 aliphatic carbocycles. The maximum Gasteiger partial charge on any atom is 0.161 e. The van der Waals surface area contributed by atoms with Crippen molar-refractivity contribution in [3.63, 3.8) is 0 Å². The Kier molecular flexibility index (Phi) is 7.69. The van der Waals surface area contributed by atoms with E-state index in [0.717, 1.165) is 66.2 Å². The first-order chi connectivity index (χ1) is 29.7. The maximum atomic E-state index is 6.61. The van der Waals surface area contributed by atoms with E-state index < -0.39 is 0 Å². The summed E-state index contributed by atoms with van der Waals surface area (Å²) in [6.45, 7) is 2.02. The Bertz CT molecular complexity index is 3790. The molecular formula is C55H36N4O. The standard InChI is InChI=1S/C55H36N4O/c1-2-3-23-52-45(33-38-34-51(43-20-13-30-56-55(43)57-38)59-47-21-11-9-18-41(47)42-19-10-12-22-48(42)59)44-31-37(26-29-53(44)60-52)36-25-27-49-46(32-36)54-40-17-8-7-14-35(40)24-28-50(54)58(49)39-15-5-4-6-16-39/h2-34H,1H3/b3-2-,45-33?,52-23+. The van der Waals surface area contributed by atoms with Crippen LogP contribution >= 0.6 is 0 Å². The predicted molar refractivity (Wildman–Crippen MR) is 249 cm³/mol. The Morgan fingerprint density at radius 2 is 1.20 bits per heavy atom. The molecular weight excluding hydrogens is 733 g/mol. The Hall–Kier alpha value is -8.02. The van der Waals surface area contributed by atoms with Crippen LogP contribution in [0.25, 0.3) is 111 Å². The number of hydrogen-bond donors (Lipinski definition) is 0. The Balaban J connectivity index is 1.09. The normalized spacial score (nSPS) is 12.9. The van der Waals surface area contributed by atoms with Crippen molar-refractivity contribution in [1.29, 1.82) is 0 Å². The fourth-order valence-electron chi connectivity index (χ4n) is 9.24. The summed E-state index contributed by atoms with van der Waals surface area (Å²) in [7, 11) is 0. The number of pyridine rings is 2. The van der Waals surface area contributed by atoms with Gasteiger partial charge in [-0.05, 0) is 114 Å². The number of allylic oxidation sites excluding steroid dienone is 2. The third-order valence-corrected chi connectivity index (χ3v) is 11.9. The van der Waals surface area contributed by atoms with Crippen LogP contribution in [0, 0.1) is 0 Å². The molecule has 60 heavy (non-hydrogen) atoms. The lowest BCUT2D eigenvalue weighted by Gasteiger charge is -2.12. The van der Waals surface area contributed by atoms with E-state index in [4.69, 9.17) is 14.4 Å². The second-order valence-electron chi connectivity index (χ2n) is 15.3. The van der Waals surface area contributed by atoms with Crippen molar-refractivity contribution in [3.05, 3.63) is 205 Å². The molecule has 282 valence electrons. The Labute approximate surface area is 344 Å². The Morgan fingerprint density at radius 1 is 0.533 bits per heavy atom. The molecule has 7 aromatic carbocycles. The third-order valence-electron chi connectivity index (χ3n) is 11.9. The molecule has 0 saturated carbocycles. The van der Waals surface area contributed by atoms with Gasteiger partial charge in [0.15, 0.2) is 5.65 Å². The van der Waals surface area contributed by atoms with E-state index in [0.29, 0.717) is 5.65 Å². The lowest BCUT2D eigenvalue weighted by molar-refractivity contribution is 0.575. The van der Waals surface area contributed by atoms with Gasteiger partial charge in [0.05, 0.1) is 33.4 Å². The minimum Gasteiger partial charge on any atom is -0.456 e. The summed E-state index contributed by atoms with van der Waals surface area (Å²) < 4.78 is 11.3. The van der Waals surface area contributed by atoms with E-state index in [9.17, 15) is 0 Å². The molecule has 0 atom stereocenters. The van der Waals surface area contributed by atoms with Gasteiger partial charge in [-0.1, -0.05) is 109 Å². The number of aromatic nitrogens is 4. The van der Waals surface area contributed by atoms with E-state index in [1.807, 2.05) is 37.4 Å². The van der Waals surface area contributed by atoms with Gasteiger partial charge >= 0.3 is 0 Å². The average Bonchev–Trinajstić information content (AvgIpc) is 3.95. The monoisotopic (exact) mass is 768 g/mol.